The molecule has 0 radical (unpaired) electrons. The molecule has 0 aliphatic rings. The summed E-state index contributed by atoms with van der Waals surface area (Å²) < 4.78 is 0. The Morgan fingerprint density at radius 3 is 1.67 bits per heavy atom. The third-order valence-electron chi connectivity index (χ3n) is 1.19. The van der Waals surface area contributed by atoms with Gasteiger partial charge in [-0.05, 0) is 12.5 Å². The zero-order valence-electron chi connectivity index (χ0n) is 5.92. The summed E-state index contributed by atoms with van der Waals surface area (Å²) in [5.74, 6) is -0.935. The molecule has 0 spiro atoms. The zero-order chi connectivity index (χ0) is 8.15. The summed E-state index contributed by atoms with van der Waals surface area (Å²) in [6.45, 7) is 8.40. The van der Waals surface area contributed by atoms with Crippen LogP contribution in [0, 0.1) is 0 Å². The van der Waals surface area contributed by atoms with Crippen LogP contribution >= 0.6 is 0 Å². The average molecular weight is 186 g/mol. The number of allylic oxidation sites excluding steroid dienone is 3. The van der Waals surface area contributed by atoms with Gasteiger partial charge in [0.1, 0.15) is 0 Å². The van der Waals surface area contributed by atoms with Gasteiger partial charge >= 0.3 is 65.1 Å². The van der Waals surface area contributed by atoms with Gasteiger partial charge in [0.05, 0.1) is 0 Å². The second-order valence-corrected chi connectivity index (χ2v) is 1.79. The second kappa shape index (κ2) is 9.78. The number of aliphatic carboxylic acids is 1. The Kier molecular flexibility index (Phi) is 15.0. The van der Waals surface area contributed by atoms with Crippen molar-refractivity contribution in [2.24, 2.45) is 0 Å². The van der Waals surface area contributed by atoms with Crippen LogP contribution in [-0.4, -0.2) is 70.2 Å². The third kappa shape index (κ3) is 6.23. The number of carboxylic acid groups (broad SMARTS) is 1. The minimum atomic E-state index is -0.935. The number of rotatable bonds is 3. The van der Waals surface area contributed by atoms with Crippen LogP contribution in [0.4, 0.5) is 0 Å². The molecule has 58 valence electrons. The molecule has 0 aromatic rings. The second-order valence-electron chi connectivity index (χ2n) is 1.79. The first-order valence-electron chi connectivity index (χ1n) is 2.82. The molecule has 0 fully saturated rings. The first-order chi connectivity index (χ1) is 4.63. The summed E-state index contributed by atoms with van der Waals surface area (Å²) in [5, 5.41) is 8.46. The van der Waals surface area contributed by atoms with Crippen molar-refractivity contribution in [2.45, 2.75) is 6.92 Å². The molecular formula is C8H12Na2O2. The summed E-state index contributed by atoms with van der Waals surface area (Å²) in [5.41, 5.74) is 0.831. The SMILES string of the molecule is C=CC(C=C)=C(C)C(=O)O.[NaH].[NaH]. The molecule has 0 heterocycles. The van der Waals surface area contributed by atoms with Gasteiger partial charge in [-0.25, -0.2) is 4.79 Å². The van der Waals surface area contributed by atoms with Crippen LogP contribution in [0.1, 0.15) is 6.92 Å². The number of hydrogen-bond donors (Lipinski definition) is 1. The third-order valence-corrected chi connectivity index (χ3v) is 1.19. The van der Waals surface area contributed by atoms with Crippen LogP contribution in [0.25, 0.3) is 0 Å². The van der Waals surface area contributed by atoms with Crippen molar-refractivity contribution < 1.29 is 9.90 Å². The van der Waals surface area contributed by atoms with E-state index in [-0.39, 0.29) is 64.7 Å². The fourth-order valence-electron chi connectivity index (χ4n) is 0.513. The average Bonchev–Trinajstić information content (AvgIpc) is 1.90. The van der Waals surface area contributed by atoms with Crippen LogP contribution in [-0.2, 0) is 4.79 Å². The predicted octanol–water partition coefficient (Wildman–Crippen LogP) is 0.462. The molecule has 2 nitrogen and oxygen atoms in total. The van der Waals surface area contributed by atoms with E-state index in [1.165, 1.54) is 19.1 Å². The van der Waals surface area contributed by atoms with Gasteiger partial charge in [0, 0.05) is 5.57 Å². The molecule has 0 aromatic carbocycles. The van der Waals surface area contributed by atoms with Crippen LogP contribution in [0.3, 0.4) is 0 Å². The number of carboxylic acids is 1. The van der Waals surface area contributed by atoms with E-state index in [1.54, 1.807) is 0 Å². The molecule has 0 saturated heterocycles. The van der Waals surface area contributed by atoms with Gasteiger partial charge in [0.25, 0.3) is 0 Å². The fourth-order valence-corrected chi connectivity index (χ4v) is 0.513. The number of carbonyl (C=O) groups is 1. The first kappa shape index (κ1) is 18.5. The van der Waals surface area contributed by atoms with E-state index < -0.39 is 5.97 Å². The molecule has 0 amide bonds. The van der Waals surface area contributed by atoms with Crippen molar-refractivity contribution in [1.29, 1.82) is 0 Å². The van der Waals surface area contributed by atoms with E-state index in [1.807, 2.05) is 0 Å². The van der Waals surface area contributed by atoms with Gasteiger partial charge < -0.3 is 5.11 Å². The summed E-state index contributed by atoms with van der Waals surface area (Å²) in [6, 6.07) is 0. The minimum absolute atomic E-state index is 0. The quantitative estimate of drug-likeness (QED) is 0.395. The Labute approximate surface area is 117 Å². The van der Waals surface area contributed by atoms with Crippen molar-refractivity contribution >= 4 is 65.1 Å². The van der Waals surface area contributed by atoms with Gasteiger partial charge in [-0.15, -0.1) is 0 Å². The summed E-state index contributed by atoms with van der Waals surface area (Å²) >= 11 is 0. The van der Waals surface area contributed by atoms with Gasteiger partial charge in [-0.3, -0.25) is 0 Å². The van der Waals surface area contributed by atoms with Crippen molar-refractivity contribution in [1.82, 2.24) is 0 Å². The maximum atomic E-state index is 10.3. The molecule has 0 rings (SSSR count). The molecule has 0 saturated carbocycles. The normalized spacial score (nSPS) is 6.75. The zero-order valence-corrected chi connectivity index (χ0v) is 5.92. The van der Waals surface area contributed by atoms with Gasteiger partial charge in [-0.1, -0.05) is 25.3 Å². The van der Waals surface area contributed by atoms with Crippen molar-refractivity contribution in [3.63, 3.8) is 0 Å². The Bertz CT molecular complexity index is 197. The van der Waals surface area contributed by atoms with E-state index in [0.29, 0.717) is 5.57 Å². The van der Waals surface area contributed by atoms with E-state index in [0.717, 1.165) is 0 Å². The van der Waals surface area contributed by atoms with Crippen molar-refractivity contribution in [3.8, 4) is 0 Å². The number of hydrogen-bond acceptors (Lipinski definition) is 1. The molecule has 0 unspecified atom stereocenters. The van der Waals surface area contributed by atoms with Crippen LogP contribution in [0.15, 0.2) is 36.5 Å². The van der Waals surface area contributed by atoms with E-state index in [4.69, 9.17) is 5.11 Å². The monoisotopic (exact) mass is 186 g/mol. The maximum absolute atomic E-state index is 10.3. The van der Waals surface area contributed by atoms with Crippen LogP contribution < -0.4 is 0 Å². The van der Waals surface area contributed by atoms with Gasteiger partial charge in [0.2, 0.25) is 0 Å². The molecule has 12 heavy (non-hydrogen) atoms. The predicted molar refractivity (Wildman–Crippen MR) is 55.0 cm³/mol. The van der Waals surface area contributed by atoms with E-state index in [2.05, 4.69) is 13.2 Å². The topological polar surface area (TPSA) is 37.3 Å². The molecule has 0 aliphatic heterocycles. The molecule has 0 bridgehead atoms. The van der Waals surface area contributed by atoms with E-state index in [9.17, 15) is 4.79 Å². The van der Waals surface area contributed by atoms with E-state index >= 15 is 0 Å². The fraction of sp³-hybridized carbons (Fsp3) is 0.125. The Morgan fingerprint density at radius 1 is 1.25 bits per heavy atom. The Hall–Kier alpha value is 0.690. The molecular weight excluding hydrogens is 174 g/mol. The molecule has 0 aromatic heterocycles. The summed E-state index contributed by atoms with van der Waals surface area (Å²) in [7, 11) is 0. The van der Waals surface area contributed by atoms with Crippen molar-refractivity contribution in [3.05, 3.63) is 36.5 Å². The Balaban J connectivity index is -0.000000405. The summed E-state index contributed by atoms with van der Waals surface area (Å²) in [6.07, 6.45) is 2.94. The van der Waals surface area contributed by atoms with Crippen molar-refractivity contribution in [2.75, 3.05) is 0 Å². The Morgan fingerprint density at radius 2 is 1.58 bits per heavy atom. The van der Waals surface area contributed by atoms with Crippen LogP contribution in [0.2, 0.25) is 0 Å². The standard InChI is InChI=1S/C8H10O2.2Na.2H/c1-4-7(5-2)6(3)8(9)10;;;;/h4-5H,1-2H2,3H3,(H,9,10);;;;. The molecule has 0 aliphatic carbocycles. The molecule has 4 heteroatoms. The van der Waals surface area contributed by atoms with Gasteiger partial charge in [-0.2, -0.15) is 0 Å². The van der Waals surface area contributed by atoms with Gasteiger partial charge in [0.15, 0.2) is 0 Å². The van der Waals surface area contributed by atoms with Crippen LogP contribution in [0.5, 0.6) is 0 Å². The molecule has 1 N–H and O–H groups in total. The first-order valence-corrected chi connectivity index (χ1v) is 2.82. The molecule has 0 atom stereocenters. The summed E-state index contributed by atoms with van der Waals surface area (Å²) in [4.78, 5) is 10.3.